The van der Waals surface area contributed by atoms with Gasteiger partial charge in [0.25, 0.3) is 0 Å². The van der Waals surface area contributed by atoms with Crippen molar-refractivity contribution in [1.29, 1.82) is 0 Å². The van der Waals surface area contributed by atoms with Crippen LogP contribution in [-0.2, 0) is 10.1 Å². The largest absolute Gasteiger partial charge is 1.00 e. The molecule has 0 saturated heterocycles. The summed E-state index contributed by atoms with van der Waals surface area (Å²) in [6.07, 6.45) is 9.55. The first-order chi connectivity index (χ1) is 8.88. The molecule has 6 heteroatoms. The van der Waals surface area contributed by atoms with E-state index in [9.17, 15) is 18.1 Å². The Balaban J connectivity index is 0. The van der Waals surface area contributed by atoms with E-state index >= 15 is 0 Å². The van der Waals surface area contributed by atoms with Gasteiger partial charge in [-0.15, -0.1) is 0 Å². The fraction of sp³-hybridized carbons (Fsp3) is 1.00. The molecule has 0 aliphatic carbocycles. The minimum absolute atomic E-state index is 0. The fourth-order valence-electron chi connectivity index (χ4n) is 2.04. The Kier molecular flexibility index (Phi) is 15.7. The first-order valence-corrected chi connectivity index (χ1v) is 8.97. The average molecular weight is 316 g/mol. The van der Waals surface area contributed by atoms with E-state index in [0.717, 1.165) is 51.4 Å². The molecule has 0 aromatic heterocycles. The van der Waals surface area contributed by atoms with Crippen molar-refractivity contribution in [1.82, 2.24) is 0 Å². The van der Waals surface area contributed by atoms with Crippen LogP contribution in [0.5, 0.6) is 0 Å². The van der Waals surface area contributed by atoms with Crippen molar-refractivity contribution in [3.8, 4) is 0 Å². The molecule has 0 aliphatic heterocycles. The standard InChI is InChI=1S/C14H30O4S.Na/c1-3-14(15)12-10-8-6-4-5-7-9-11-13(2)19(16,17)18;/h13-15H,3-12H2,1-2H3,(H,16,17,18);/q;+1/p-1. The summed E-state index contributed by atoms with van der Waals surface area (Å²) in [5.41, 5.74) is 0. The second kappa shape index (κ2) is 13.5. The predicted molar refractivity (Wildman–Crippen MR) is 77.0 cm³/mol. The summed E-state index contributed by atoms with van der Waals surface area (Å²) in [6, 6.07) is 0. The number of rotatable bonds is 12. The Hall–Kier alpha value is 0.870. The van der Waals surface area contributed by atoms with Crippen molar-refractivity contribution < 1.29 is 47.6 Å². The normalized spacial score (nSPS) is 14.6. The van der Waals surface area contributed by atoms with Gasteiger partial charge >= 0.3 is 29.6 Å². The molecule has 0 radical (unpaired) electrons. The smallest absolute Gasteiger partial charge is 0.748 e. The summed E-state index contributed by atoms with van der Waals surface area (Å²) in [6.45, 7) is 3.48. The van der Waals surface area contributed by atoms with Gasteiger partial charge in [0.05, 0.1) is 16.2 Å². The van der Waals surface area contributed by atoms with Crippen molar-refractivity contribution in [2.45, 2.75) is 89.4 Å². The van der Waals surface area contributed by atoms with Crippen LogP contribution in [-0.4, -0.2) is 29.4 Å². The Morgan fingerprint density at radius 1 is 0.950 bits per heavy atom. The summed E-state index contributed by atoms with van der Waals surface area (Å²) < 4.78 is 32.0. The third kappa shape index (κ3) is 13.8. The molecule has 20 heavy (non-hydrogen) atoms. The molecule has 2 atom stereocenters. The number of hydrogen-bond acceptors (Lipinski definition) is 4. The number of hydrogen-bond donors (Lipinski definition) is 1. The van der Waals surface area contributed by atoms with Gasteiger partial charge in [-0.25, -0.2) is 8.42 Å². The topological polar surface area (TPSA) is 77.4 Å². The maximum absolute atomic E-state index is 10.7. The second-order valence-corrected chi connectivity index (χ2v) is 7.21. The molecule has 2 unspecified atom stereocenters. The van der Waals surface area contributed by atoms with Gasteiger partial charge < -0.3 is 9.66 Å². The molecule has 0 fully saturated rings. The van der Waals surface area contributed by atoms with Gasteiger partial charge in [0.15, 0.2) is 0 Å². The van der Waals surface area contributed by atoms with Gasteiger partial charge in [0.2, 0.25) is 0 Å². The molecule has 0 saturated carbocycles. The van der Waals surface area contributed by atoms with Crippen LogP contribution in [0.15, 0.2) is 0 Å². The molecule has 116 valence electrons. The molecule has 1 N–H and O–H groups in total. The molecule has 0 amide bonds. The van der Waals surface area contributed by atoms with E-state index in [4.69, 9.17) is 0 Å². The van der Waals surface area contributed by atoms with Crippen LogP contribution in [0.3, 0.4) is 0 Å². The van der Waals surface area contributed by atoms with Crippen LogP contribution in [0, 0.1) is 0 Å². The molecular weight excluding hydrogens is 287 g/mol. The van der Waals surface area contributed by atoms with Crippen LogP contribution in [0.25, 0.3) is 0 Å². The van der Waals surface area contributed by atoms with Crippen molar-refractivity contribution >= 4 is 10.1 Å². The van der Waals surface area contributed by atoms with Gasteiger partial charge in [-0.1, -0.05) is 51.9 Å². The average Bonchev–Trinajstić information content (AvgIpc) is 2.34. The minimum Gasteiger partial charge on any atom is -0.748 e. The SMILES string of the molecule is CCC(O)CCCCCCCCCC(C)S(=O)(=O)[O-].[Na+]. The van der Waals surface area contributed by atoms with Crippen LogP contribution in [0.4, 0.5) is 0 Å². The summed E-state index contributed by atoms with van der Waals surface area (Å²) >= 11 is 0. The summed E-state index contributed by atoms with van der Waals surface area (Å²) in [7, 11) is -4.09. The van der Waals surface area contributed by atoms with E-state index in [2.05, 4.69) is 0 Å². The van der Waals surface area contributed by atoms with Crippen LogP contribution < -0.4 is 29.6 Å². The monoisotopic (exact) mass is 316 g/mol. The maximum atomic E-state index is 10.7. The zero-order valence-electron chi connectivity index (χ0n) is 13.3. The molecular formula is C14H29NaO4S. The van der Waals surface area contributed by atoms with Gasteiger partial charge in [-0.05, 0) is 26.2 Å². The number of unbranched alkanes of at least 4 members (excludes halogenated alkanes) is 6. The fourth-order valence-corrected chi connectivity index (χ4v) is 2.50. The van der Waals surface area contributed by atoms with Crippen molar-refractivity contribution in [3.63, 3.8) is 0 Å². The third-order valence-corrected chi connectivity index (χ3v) is 4.83. The number of aliphatic hydroxyl groups is 1. The third-order valence-electron chi connectivity index (χ3n) is 3.61. The van der Waals surface area contributed by atoms with E-state index in [1.54, 1.807) is 0 Å². The zero-order valence-corrected chi connectivity index (χ0v) is 16.1. The molecule has 0 aromatic carbocycles. The summed E-state index contributed by atoms with van der Waals surface area (Å²) in [4.78, 5) is 0. The van der Waals surface area contributed by atoms with Crippen LogP contribution >= 0.6 is 0 Å². The van der Waals surface area contributed by atoms with Crippen molar-refractivity contribution in [2.75, 3.05) is 0 Å². The van der Waals surface area contributed by atoms with Crippen molar-refractivity contribution in [3.05, 3.63) is 0 Å². The predicted octanol–water partition coefficient (Wildman–Crippen LogP) is 0.206. The van der Waals surface area contributed by atoms with E-state index in [0.29, 0.717) is 6.42 Å². The minimum atomic E-state index is -4.09. The first kappa shape index (κ1) is 23.1. The number of aliphatic hydroxyl groups excluding tert-OH is 1. The summed E-state index contributed by atoms with van der Waals surface area (Å²) in [5.74, 6) is 0. The Morgan fingerprint density at radius 2 is 1.35 bits per heavy atom. The Bertz CT molecular complexity index is 306. The van der Waals surface area contributed by atoms with Gasteiger partial charge in [-0.2, -0.15) is 0 Å². The molecule has 0 heterocycles. The first-order valence-electron chi connectivity index (χ1n) is 7.50. The van der Waals surface area contributed by atoms with Gasteiger partial charge in [0.1, 0.15) is 0 Å². The molecule has 0 aromatic rings. The molecule has 0 bridgehead atoms. The van der Waals surface area contributed by atoms with E-state index in [-0.39, 0.29) is 35.7 Å². The second-order valence-electron chi connectivity index (χ2n) is 5.42. The van der Waals surface area contributed by atoms with E-state index < -0.39 is 15.4 Å². The molecule has 0 rings (SSSR count). The van der Waals surface area contributed by atoms with Gasteiger partial charge in [-0.3, -0.25) is 0 Å². The molecule has 4 nitrogen and oxygen atoms in total. The Morgan fingerprint density at radius 3 is 1.75 bits per heavy atom. The van der Waals surface area contributed by atoms with Crippen molar-refractivity contribution in [2.24, 2.45) is 0 Å². The molecule has 0 aliphatic rings. The zero-order chi connectivity index (χ0) is 14.7. The van der Waals surface area contributed by atoms with Crippen LogP contribution in [0.2, 0.25) is 0 Å². The quantitative estimate of drug-likeness (QED) is 0.317. The Labute approximate surface area is 146 Å². The summed E-state index contributed by atoms with van der Waals surface area (Å²) in [5, 5.41) is 8.63. The van der Waals surface area contributed by atoms with Gasteiger partial charge in [0, 0.05) is 5.25 Å². The molecule has 0 spiro atoms. The maximum Gasteiger partial charge on any atom is 1.00 e. The van der Waals surface area contributed by atoms with E-state index in [1.165, 1.54) is 13.3 Å². The van der Waals surface area contributed by atoms with Crippen LogP contribution in [0.1, 0.15) is 78.1 Å². The van der Waals surface area contributed by atoms with E-state index in [1.807, 2.05) is 6.92 Å².